The highest BCUT2D eigenvalue weighted by atomic mass is 13.8. The summed E-state index contributed by atoms with van der Waals surface area (Å²) in [6.07, 6.45) is 11.6. The highest BCUT2D eigenvalue weighted by Crippen LogP contribution is 1.91. The summed E-state index contributed by atoms with van der Waals surface area (Å²) >= 11 is 0. The molecule has 0 saturated carbocycles. The minimum Gasteiger partial charge on any atom is -0.103 e. The van der Waals surface area contributed by atoms with Crippen LogP contribution in [0.2, 0.25) is 0 Å². The van der Waals surface area contributed by atoms with Crippen molar-refractivity contribution in [3.63, 3.8) is 0 Å². The summed E-state index contributed by atoms with van der Waals surface area (Å²) in [4.78, 5) is 0. The zero-order valence-corrected chi connectivity index (χ0v) is 8.39. The Hall–Kier alpha value is -0.780. The van der Waals surface area contributed by atoms with Crippen LogP contribution < -0.4 is 0 Å². The molecular weight excluding hydrogens is 144 g/mol. The summed E-state index contributed by atoms with van der Waals surface area (Å²) < 4.78 is 0. The first kappa shape index (κ1) is 13.8. The average Bonchev–Trinajstić information content (AvgIpc) is 2.12. The van der Waals surface area contributed by atoms with Gasteiger partial charge in [0.2, 0.25) is 0 Å². The molecule has 0 heterocycles. The molecule has 0 amide bonds. The highest BCUT2D eigenvalue weighted by Gasteiger charge is 1.71. The largest absolute Gasteiger partial charge is 0.103 e. The quantitative estimate of drug-likeness (QED) is 0.402. The van der Waals surface area contributed by atoms with Gasteiger partial charge in [0, 0.05) is 0 Å². The molecule has 0 spiro atoms. The Morgan fingerprint density at radius 3 is 1.42 bits per heavy atom. The average molecular weight is 166 g/mol. The molecule has 0 nitrogen and oxygen atoms in total. The summed E-state index contributed by atoms with van der Waals surface area (Å²) in [6, 6.07) is 0. The maximum absolute atomic E-state index is 3.60. The number of hydrogen-bond donors (Lipinski definition) is 0. The molecule has 0 unspecified atom stereocenters. The SMILES string of the molecule is C=CCCC=C.C=CCCCC. The predicted molar refractivity (Wildman–Crippen MR) is 59.4 cm³/mol. The van der Waals surface area contributed by atoms with Crippen LogP contribution in [0.5, 0.6) is 0 Å². The van der Waals surface area contributed by atoms with Gasteiger partial charge >= 0.3 is 0 Å². The standard InChI is InChI=1S/C6H12.C6H10/c2*1-3-5-6-4-2/h3H,1,4-6H2,2H3;3-4H,1-2,5-6H2. The number of rotatable bonds is 6. The molecule has 0 bridgehead atoms. The van der Waals surface area contributed by atoms with Gasteiger partial charge in [0.1, 0.15) is 0 Å². The van der Waals surface area contributed by atoms with Crippen LogP contribution in [0.15, 0.2) is 38.0 Å². The first-order valence-corrected chi connectivity index (χ1v) is 4.66. The summed E-state index contributed by atoms with van der Waals surface area (Å²) in [5.41, 5.74) is 0. The second-order valence-electron chi connectivity index (χ2n) is 2.59. The third kappa shape index (κ3) is 22.9. The molecule has 12 heavy (non-hydrogen) atoms. The fraction of sp³-hybridized carbons (Fsp3) is 0.500. The Bertz CT molecular complexity index is 92.6. The molecule has 0 fully saturated rings. The molecule has 70 valence electrons. The van der Waals surface area contributed by atoms with Crippen LogP contribution in [-0.4, -0.2) is 0 Å². The van der Waals surface area contributed by atoms with Crippen molar-refractivity contribution in [1.29, 1.82) is 0 Å². The Kier molecular flexibility index (Phi) is 19.1. The van der Waals surface area contributed by atoms with E-state index in [0.29, 0.717) is 0 Å². The van der Waals surface area contributed by atoms with Crippen LogP contribution in [-0.2, 0) is 0 Å². The normalized spacial score (nSPS) is 7.75. The van der Waals surface area contributed by atoms with Crippen LogP contribution in [0.4, 0.5) is 0 Å². The Morgan fingerprint density at radius 1 is 0.833 bits per heavy atom. The highest BCUT2D eigenvalue weighted by molar-refractivity contribution is 4.74. The van der Waals surface area contributed by atoms with E-state index in [0.717, 1.165) is 12.8 Å². The van der Waals surface area contributed by atoms with Crippen molar-refractivity contribution >= 4 is 0 Å². The Labute approximate surface area is 77.7 Å². The van der Waals surface area contributed by atoms with E-state index < -0.39 is 0 Å². The van der Waals surface area contributed by atoms with Crippen molar-refractivity contribution in [2.75, 3.05) is 0 Å². The summed E-state index contributed by atoms with van der Waals surface area (Å²) in [7, 11) is 0. The predicted octanol–water partition coefficient (Wildman–Crippen LogP) is 4.50. The van der Waals surface area contributed by atoms with Crippen LogP contribution in [0, 0.1) is 0 Å². The lowest BCUT2D eigenvalue weighted by Gasteiger charge is -1.81. The molecule has 0 aliphatic rings. The lowest BCUT2D eigenvalue weighted by atomic mass is 10.3. The van der Waals surface area contributed by atoms with Crippen molar-refractivity contribution in [3.05, 3.63) is 38.0 Å². The monoisotopic (exact) mass is 166 g/mol. The smallest absolute Gasteiger partial charge is 0.0319 e. The van der Waals surface area contributed by atoms with Crippen LogP contribution >= 0.6 is 0 Å². The Morgan fingerprint density at radius 2 is 1.25 bits per heavy atom. The molecule has 0 atom stereocenters. The fourth-order valence-corrected chi connectivity index (χ4v) is 0.584. The second kappa shape index (κ2) is 16.7. The fourth-order valence-electron chi connectivity index (χ4n) is 0.584. The van der Waals surface area contributed by atoms with E-state index in [9.17, 15) is 0 Å². The van der Waals surface area contributed by atoms with Crippen molar-refractivity contribution in [2.24, 2.45) is 0 Å². The van der Waals surface area contributed by atoms with Gasteiger partial charge in [0.25, 0.3) is 0 Å². The molecule has 0 heteroatoms. The lowest BCUT2D eigenvalue weighted by molar-refractivity contribution is 0.816. The molecule has 0 N–H and O–H groups in total. The van der Waals surface area contributed by atoms with E-state index in [2.05, 4.69) is 26.7 Å². The van der Waals surface area contributed by atoms with E-state index in [1.807, 2.05) is 18.2 Å². The minimum absolute atomic E-state index is 1.06. The van der Waals surface area contributed by atoms with Crippen molar-refractivity contribution < 1.29 is 0 Å². The molecular formula is C12H22. The van der Waals surface area contributed by atoms with Gasteiger partial charge < -0.3 is 0 Å². The van der Waals surface area contributed by atoms with Crippen LogP contribution in [0.1, 0.15) is 39.0 Å². The van der Waals surface area contributed by atoms with Gasteiger partial charge in [-0.05, 0) is 19.3 Å². The maximum atomic E-state index is 3.60. The van der Waals surface area contributed by atoms with E-state index in [-0.39, 0.29) is 0 Å². The van der Waals surface area contributed by atoms with Gasteiger partial charge in [-0.25, -0.2) is 0 Å². The Balaban J connectivity index is 0. The number of unbranched alkanes of at least 4 members (excludes halogenated alkanes) is 3. The van der Waals surface area contributed by atoms with Gasteiger partial charge in [-0.3, -0.25) is 0 Å². The van der Waals surface area contributed by atoms with Gasteiger partial charge in [0.15, 0.2) is 0 Å². The molecule has 0 aliphatic carbocycles. The lowest BCUT2D eigenvalue weighted by Crippen LogP contribution is -1.61. The zero-order chi connectivity index (χ0) is 9.66. The van der Waals surface area contributed by atoms with Crippen LogP contribution in [0.3, 0.4) is 0 Å². The van der Waals surface area contributed by atoms with E-state index in [1.165, 1.54) is 19.3 Å². The molecule has 0 radical (unpaired) electrons. The van der Waals surface area contributed by atoms with Crippen molar-refractivity contribution in [1.82, 2.24) is 0 Å². The zero-order valence-electron chi connectivity index (χ0n) is 8.39. The summed E-state index contributed by atoms with van der Waals surface area (Å²) in [5, 5.41) is 0. The molecule has 0 saturated heterocycles. The summed E-state index contributed by atoms with van der Waals surface area (Å²) in [5.74, 6) is 0. The van der Waals surface area contributed by atoms with Crippen molar-refractivity contribution in [3.8, 4) is 0 Å². The third-order valence-electron chi connectivity index (χ3n) is 1.34. The molecule has 0 aromatic heterocycles. The van der Waals surface area contributed by atoms with E-state index >= 15 is 0 Å². The minimum atomic E-state index is 1.06. The summed E-state index contributed by atoms with van der Waals surface area (Å²) in [6.45, 7) is 12.9. The van der Waals surface area contributed by atoms with Gasteiger partial charge in [0.05, 0.1) is 0 Å². The number of hydrogen-bond acceptors (Lipinski definition) is 0. The first-order valence-electron chi connectivity index (χ1n) is 4.66. The molecule has 0 aromatic rings. The van der Waals surface area contributed by atoms with Gasteiger partial charge in [-0.1, -0.05) is 38.0 Å². The molecule has 0 rings (SSSR count). The third-order valence-corrected chi connectivity index (χ3v) is 1.34. The number of allylic oxidation sites excluding steroid dienone is 3. The van der Waals surface area contributed by atoms with Gasteiger partial charge in [-0.2, -0.15) is 0 Å². The van der Waals surface area contributed by atoms with Crippen molar-refractivity contribution in [2.45, 2.75) is 39.0 Å². The molecule has 0 aliphatic heterocycles. The second-order valence-corrected chi connectivity index (χ2v) is 2.59. The molecule has 0 aromatic carbocycles. The topological polar surface area (TPSA) is 0 Å². The maximum Gasteiger partial charge on any atom is -0.0319 e. The van der Waals surface area contributed by atoms with E-state index in [4.69, 9.17) is 0 Å². The van der Waals surface area contributed by atoms with Gasteiger partial charge in [-0.15, -0.1) is 19.7 Å². The first-order chi connectivity index (χ1) is 5.83. The van der Waals surface area contributed by atoms with E-state index in [1.54, 1.807) is 0 Å². The van der Waals surface area contributed by atoms with Crippen LogP contribution in [0.25, 0.3) is 0 Å².